The van der Waals surface area contributed by atoms with Gasteiger partial charge in [0.1, 0.15) is 5.75 Å². The van der Waals surface area contributed by atoms with Gasteiger partial charge >= 0.3 is 0 Å². The maximum atomic E-state index is 5.44. The van der Waals surface area contributed by atoms with E-state index in [2.05, 4.69) is 50.2 Å². The number of para-hydroxylation sites is 1. The molecule has 0 spiro atoms. The molecule has 0 amide bonds. The third-order valence-electron chi connectivity index (χ3n) is 3.62. The molecule has 1 N–H and O–H groups in total. The van der Waals surface area contributed by atoms with Gasteiger partial charge in [-0.1, -0.05) is 45.4 Å². The lowest BCUT2D eigenvalue weighted by molar-refractivity contribution is 0.209. The zero-order valence-electron chi connectivity index (χ0n) is 13.6. The van der Waals surface area contributed by atoms with Crippen molar-refractivity contribution in [3.63, 3.8) is 0 Å². The minimum absolute atomic E-state index is 0.536. The van der Waals surface area contributed by atoms with E-state index in [1.54, 1.807) is 7.11 Å². The van der Waals surface area contributed by atoms with Gasteiger partial charge in [-0.05, 0) is 19.5 Å². The van der Waals surface area contributed by atoms with Crippen molar-refractivity contribution in [1.82, 2.24) is 10.2 Å². The Morgan fingerprint density at radius 3 is 2.55 bits per heavy atom. The van der Waals surface area contributed by atoms with Crippen molar-refractivity contribution in [3.8, 4) is 5.75 Å². The molecule has 1 atom stereocenters. The fourth-order valence-corrected chi connectivity index (χ4v) is 2.41. The summed E-state index contributed by atoms with van der Waals surface area (Å²) < 4.78 is 5.44. The van der Waals surface area contributed by atoms with Gasteiger partial charge in [0, 0.05) is 30.7 Å². The van der Waals surface area contributed by atoms with Crippen LogP contribution in [0.4, 0.5) is 0 Å². The first kappa shape index (κ1) is 17.0. The molecule has 0 saturated carbocycles. The maximum absolute atomic E-state index is 5.44. The number of hydrogen-bond acceptors (Lipinski definition) is 3. The number of rotatable bonds is 9. The molecule has 20 heavy (non-hydrogen) atoms. The SMILES string of the molecule is CCCC(CNC(C)C)N(C)Cc1ccccc1OC. The van der Waals surface area contributed by atoms with Crippen molar-refractivity contribution in [3.05, 3.63) is 29.8 Å². The van der Waals surface area contributed by atoms with E-state index in [1.165, 1.54) is 18.4 Å². The number of nitrogens with zero attached hydrogens (tertiary/aromatic N) is 1. The third kappa shape index (κ3) is 5.51. The topological polar surface area (TPSA) is 24.5 Å². The van der Waals surface area contributed by atoms with Gasteiger partial charge in [0.2, 0.25) is 0 Å². The van der Waals surface area contributed by atoms with Gasteiger partial charge in [0.25, 0.3) is 0 Å². The number of benzene rings is 1. The summed E-state index contributed by atoms with van der Waals surface area (Å²) >= 11 is 0. The zero-order chi connectivity index (χ0) is 15.0. The summed E-state index contributed by atoms with van der Waals surface area (Å²) in [5.74, 6) is 0.978. The summed E-state index contributed by atoms with van der Waals surface area (Å²) in [5.41, 5.74) is 1.25. The largest absolute Gasteiger partial charge is 0.496 e. The highest BCUT2D eigenvalue weighted by atomic mass is 16.5. The first-order chi connectivity index (χ1) is 9.58. The molecule has 1 aromatic carbocycles. The fourth-order valence-electron chi connectivity index (χ4n) is 2.41. The van der Waals surface area contributed by atoms with Crippen LogP contribution in [0.25, 0.3) is 0 Å². The molecular formula is C17H30N2O. The van der Waals surface area contributed by atoms with Crippen LogP contribution in [0.1, 0.15) is 39.2 Å². The van der Waals surface area contributed by atoms with Gasteiger partial charge in [0.05, 0.1) is 7.11 Å². The highest BCUT2D eigenvalue weighted by molar-refractivity contribution is 5.33. The summed E-state index contributed by atoms with van der Waals surface area (Å²) in [6.07, 6.45) is 2.42. The summed E-state index contributed by atoms with van der Waals surface area (Å²) in [6.45, 7) is 8.61. The lowest BCUT2D eigenvalue weighted by Crippen LogP contribution is -2.41. The molecule has 0 aliphatic carbocycles. The number of likely N-dealkylation sites (N-methyl/N-ethyl adjacent to an activating group) is 1. The maximum Gasteiger partial charge on any atom is 0.123 e. The highest BCUT2D eigenvalue weighted by Gasteiger charge is 2.15. The summed E-state index contributed by atoms with van der Waals surface area (Å²) in [7, 11) is 3.94. The van der Waals surface area contributed by atoms with Gasteiger partial charge in [-0.15, -0.1) is 0 Å². The molecule has 3 nitrogen and oxygen atoms in total. The lowest BCUT2D eigenvalue weighted by atomic mass is 10.1. The van der Waals surface area contributed by atoms with Crippen LogP contribution in [-0.4, -0.2) is 37.7 Å². The molecular weight excluding hydrogens is 248 g/mol. The van der Waals surface area contributed by atoms with Crippen molar-refractivity contribution in [2.24, 2.45) is 0 Å². The quantitative estimate of drug-likeness (QED) is 0.750. The molecule has 1 aromatic rings. The molecule has 0 aromatic heterocycles. The third-order valence-corrected chi connectivity index (χ3v) is 3.62. The van der Waals surface area contributed by atoms with E-state index in [0.29, 0.717) is 12.1 Å². The molecule has 0 radical (unpaired) electrons. The Bertz CT molecular complexity index is 379. The summed E-state index contributed by atoms with van der Waals surface area (Å²) in [4.78, 5) is 2.43. The van der Waals surface area contributed by atoms with Crippen LogP contribution < -0.4 is 10.1 Å². The van der Waals surface area contributed by atoms with Crippen molar-refractivity contribution >= 4 is 0 Å². The number of ether oxygens (including phenoxy) is 1. The number of hydrogen-bond donors (Lipinski definition) is 1. The Morgan fingerprint density at radius 1 is 1.25 bits per heavy atom. The summed E-state index contributed by atoms with van der Waals surface area (Å²) in [6, 6.07) is 9.37. The van der Waals surface area contributed by atoms with Crippen molar-refractivity contribution in [2.45, 2.75) is 52.2 Å². The average Bonchev–Trinajstić information content (AvgIpc) is 2.43. The van der Waals surface area contributed by atoms with Crippen LogP contribution in [-0.2, 0) is 6.54 Å². The first-order valence-electron chi connectivity index (χ1n) is 7.64. The van der Waals surface area contributed by atoms with E-state index in [4.69, 9.17) is 4.74 Å². The molecule has 0 fully saturated rings. The van der Waals surface area contributed by atoms with E-state index < -0.39 is 0 Å². The van der Waals surface area contributed by atoms with Crippen LogP contribution in [0.15, 0.2) is 24.3 Å². The predicted molar refractivity (Wildman–Crippen MR) is 86.3 cm³/mol. The molecule has 0 aliphatic heterocycles. The van der Waals surface area contributed by atoms with Gasteiger partial charge in [-0.2, -0.15) is 0 Å². The Morgan fingerprint density at radius 2 is 1.95 bits per heavy atom. The second-order valence-corrected chi connectivity index (χ2v) is 5.73. The van der Waals surface area contributed by atoms with Crippen LogP contribution in [0.3, 0.4) is 0 Å². The Labute approximate surface area is 124 Å². The van der Waals surface area contributed by atoms with E-state index in [9.17, 15) is 0 Å². The Balaban J connectivity index is 2.66. The number of nitrogens with one attached hydrogen (secondary N) is 1. The highest BCUT2D eigenvalue weighted by Crippen LogP contribution is 2.20. The molecule has 1 rings (SSSR count). The summed E-state index contributed by atoms with van der Waals surface area (Å²) in [5, 5.41) is 3.55. The van der Waals surface area contributed by atoms with Gasteiger partial charge < -0.3 is 10.1 Å². The van der Waals surface area contributed by atoms with E-state index in [-0.39, 0.29) is 0 Å². The van der Waals surface area contributed by atoms with E-state index in [1.807, 2.05) is 12.1 Å². The molecule has 0 heterocycles. The molecule has 0 bridgehead atoms. The Kier molecular flexibility index (Phi) is 7.63. The van der Waals surface area contributed by atoms with Crippen LogP contribution in [0, 0.1) is 0 Å². The predicted octanol–water partition coefficient (Wildman–Crippen LogP) is 3.29. The average molecular weight is 278 g/mol. The minimum atomic E-state index is 0.536. The second kappa shape index (κ2) is 8.98. The minimum Gasteiger partial charge on any atom is -0.496 e. The first-order valence-corrected chi connectivity index (χ1v) is 7.64. The normalized spacial score (nSPS) is 12.9. The van der Waals surface area contributed by atoms with Crippen molar-refractivity contribution in [2.75, 3.05) is 20.7 Å². The van der Waals surface area contributed by atoms with Crippen LogP contribution in [0.2, 0.25) is 0 Å². The molecule has 3 heteroatoms. The van der Waals surface area contributed by atoms with Crippen molar-refractivity contribution in [1.29, 1.82) is 0 Å². The fraction of sp³-hybridized carbons (Fsp3) is 0.647. The van der Waals surface area contributed by atoms with Gasteiger partial charge in [-0.3, -0.25) is 4.90 Å². The second-order valence-electron chi connectivity index (χ2n) is 5.73. The van der Waals surface area contributed by atoms with Crippen LogP contribution in [0.5, 0.6) is 5.75 Å². The lowest BCUT2D eigenvalue weighted by Gasteiger charge is -2.29. The zero-order valence-corrected chi connectivity index (χ0v) is 13.6. The molecule has 0 saturated heterocycles. The van der Waals surface area contributed by atoms with Gasteiger partial charge in [-0.25, -0.2) is 0 Å². The molecule has 1 unspecified atom stereocenters. The molecule has 0 aliphatic rings. The molecule has 114 valence electrons. The van der Waals surface area contributed by atoms with Crippen molar-refractivity contribution < 1.29 is 4.74 Å². The van der Waals surface area contributed by atoms with Gasteiger partial charge in [0.15, 0.2) is 0 Å². The standard InChI is InChI=1S/C17H30N2O/c1-6-9-16(12-18-14(2)3)19(4)13-15-10-7-8-11-17(15)20-5/h7-8,10-11,14,16,18H,6,9,12-13H2,1-5H3. The smallest absolute Gasteiger partial charge is 0.123 e. The Hall–Kier alpha value is -1.06. The van der Waals surface area contributed by atoms with Crippen LogP contribution >= 0.6 is 0 Å². The van der Waals surface area contributed by atoms with E-state index in [0.717, 1.165) is 18.8 Å². The monoisotopic (exact) mass is 278 g/mol. The van der Waals surface area contributed by atoms with E-state index >= 15 is 0 Å². The number of methoxy groups -OCH3 is 1.